The van der Waals surface area contributed by atoms with E-state index in [0.29, 0.717) is 40.8 Å². The van der Waals surface area contributed by atoms with E-state index >= 15 is 0 Å². The zero-order valence-corrected chi connectivity index (χ0v) is 37.2. The van der Waals surface area contributed by atoms with E-state index in [9.17, 15) is 0 Å². The summed E-state index contributed by atoms with van der Waals surface area (Å²) in [6, 6.07) is 67.6. The van der Waals surface area contributed by atoms with Crippen molar-refractivity contribution in [3.05, 3.63) is 224 Å². The molecule has 0 unspecified atom stereocenters. The highest BCUT2D eigenvalue weighted by Gasteiger charge is 2.20. The maximum absolute atomic E-state index is 5.16. The molecule has 0 saturated carbocycles. The average Bonchev–Trinajstić information content (AvgIpc) is 3.41. The Hall–Kier alpha value is -9.21. The Bertz CT molecular complexity index is 3510. The molecule has 11 rings (SSSR count). The van der Waals surface area contributed by atoms with Gasteiger partial charge in [-0.2, -0.15) is 0 Å². The molecule has 0 aliphatic carbocycles. The third-order valence-corrected chi connectivity index (χ3v) is 11.6. The first kappa shape index (κ1) is 41.5. The van der Waals surface area contributed by atoms with E-state index in [0.717, 1.165) is 83.7 Å². The molecule has 9 heteroatoms. The summed E-state index contributed by atoms with van der Waals surface area (Å²) in [6.45, 7) is 3.93. The Morgan fingerprint density at radius 3 is 1.18 bits per heavy atom. The highest BCUT2D eigenvalue weighted by molar-refractivity contribution is 5.95. The first-order chi connectivity index (χ1) is 33.5. The van der Waals surface area contributed by atoms with Crippen LogP contribution in [0.2, 0.25) is 0 Å². The second-order valence-electron chi connectivity index (χ2n) is 16.4. The number of pyridine rings is 1. The lowest BCUT2D eigenvalue weighted by molar-refractivity contribution is 1.02. The number of hydrogen-bond donors (Lipinski definition) is 0. The molecule has 4 heterocycles. The molecule has 9 nitrogen and oxygen atoms in total. The monoisotopic (exact) mass is 875 g/mol. The fourth-order valence-electron chi connectivity index (χ4n) is 8.47. The number of benzene rings is 7. The van der Waals surface area contributed by atoms with Crippen molar-refractivity contribution >= 4 is 0 Å². The summed E-state index contributed by atoms with van der Waals surface area (Å²) in [4.78, 5) is 44.4. The van der Waals surface area contributed by atoms with Gasteiger partial charge in [0.05, 0.1) is 5.69 Å². The lowest BCUT2D eigenvalue weighted by Crippen LogP contribution is -2.01. The molecular weight excluding hydrogens is 835 g/mol. The van der Waals surface area contributed by atoms with E-state index in [1.54, 1.807) is 6.20 Å². The Labute approximate surface area is 394 Å². The van der Waals surface area contributed by atoms with Crippen LogP contribution >= 0.6 is 0 Å². The van der Waals surface area contributed by atoms with Crippen molar-refractivity contribution in [3.63, 3.8) is 0 Å². The van der Waals surface area contributed by atoms with Gasteiger partial charge in [0.2, 0.25) is 0 Å². The lowest BCUT2D eigenvalue weighted by atomic mass is 9.88. The van der Waals surface area contributed by atoms with Crippen LogP contribution in [0.3, 0.4) is 0 Å². The van der Waals surface area contributed by atoms with Gasteiger partial charge >= 0.3 is 0 Å². The largest absolute Gasteiger partial charge is 0.264 e. The molecule has 0 fully saturated rings. The number of rotatable bonds is 10. The van der Waals surface area contributed by atoms with Crippen molar-refractivity contribution < 1.29 is 0 Å². The predicted molar refractivity (Wildman–Crippen MR) is 270 cm³/mol. The van der Waals surface area contributed by atoms with Crippen LogP contribution in [0.1, 0.15) is 11.5 Å². The lowest BCUT2D eigenvalue weighted by Gasteiger charge is -2.18. The molecule has 0 aliphatic rings. The van der Waals surface area contributed by atoms with Crippen LogP contribution in [0.15, 0.2) is 213 Å². The minimum atomic E-state index is 0.558. The van der Waals surface area contributed by atoms with Crippen molar-refractivity contribution in [3.8, 4) is 113 Å². The fourth-order valence-corrected chi connectivity index (χ4v) is 8.47. The fraction of sp³-hybridized carbons (Fsp3) is 0.0339. The minimum absolute atomic E-state index is 0.558. The summed E-state index contributed by atoms with van der Waals surface area (Å²) in [5.41, 5.74) is 13.9. The Morgan fingerprint density at radius 1 is 0.279 bits per heavy atom. The predicted octanol–water partition coefficient (Wildman–Crippen LogP) is 13.5. The normalized spacial score (nSPS) is 11.1. The quantitative estimate of drug-likeness (QED) is 0.132. The van der Waals surface area contributed by atoms with Gasteiger partial charge < -0.3 is 0 Å². The molecule has 0 spiro atoms. The Morgan fingerprint density at radius 2 is 0.676 bits per heavy atom. The van der Waals surface area contributed by atoms with Gasteiger partial charge in [-0.3, -0.25) is 4.98 Å². The zero-order valence-electron chi connectivity index (χ0n) is 37.2. The van der Waals surface area contributed by atoms with Crippen LogP contribution in [0.5, 0.6) is 0 Å². The number of nitrogens with zero attached hydrogens (tertiary/aromatic N) is 9. The topological polar surface area (TPSA) is 116 Å². The molecule has 68 heavy (non-hydrogen) atoms. The van der Waals surface area contributed by atoms with Crippen LogP contribution < -0.4 is 0 Å². The standard InChI is InChI=1S/C59H41N9/c1-38-33-52(62-39(2)61-38)51-31-15-30-50(53(51)45-25-14-28-48(36-45)59-64-54(40-17-6-3-7-18-40)63-55(65-59)41-19-8-4-9-20-41)44-24-13-27-47(35-44)58-67-56(42-21-10-5-11-22-42)66-57(68-58)46-26-12-23-43(34-46)49-29-16-32-60-37-49/h3-37H,1-2H3. The smallest absolute Gasteiger partial charge is 0.164 e. The molecular formula is C59H41N9. The van der Waals surface area contributed by atoms with E-state index in [4.69, 9.17) is 34.9 Å². The third kappa shape index (κ3) is 8.67. The van der Waals surface area contributed by atoms with Crippen LogP contribution in [-0.2, 0) is 0 Å². The molecule has 4 aromatic heterocycles. The highest BCUT2D eigenvalue weighted by atomic mass is 15.0. The van der Waals surface area contributed by atoms with Crippen molar-refractivity contribution in [1.82, 2.24) is 44.9 Å². The Kier molecular flexibility index (Phi) is 11.2. The molecule has 0 radical (unpaired) electrons. The van der Waals surface area contributed by atoms with Crippen LogP contribution in [0.25, 0.3) is 113 Å². The van der Waals surface area contributed by atoms with E-state index in [-0.39, 0.29) is 0 Å². The maximum Gasteiger partial charge on any atom is 0.164 e. The molecule has 7 aromatic carbocycles. The Balaban J connectivity index is 1.07. The second kappa shape index (κ2) is 18.3. The highest BCUT2D eigenvalue weighted by Crippen LogP contribution is 2.42. The van der Waals surface area contributed by atoms with E-state index in [1.165, 1.54) is 0 Å². The van der Waals surface area contributed by atoms with Crippen molar-refractivity contribution in [2.75, 3.05) is 0 Å². The third-order valence-electron chi connectivity index (χ3n) is 11.6. The van der Waals surface area contributed by atoms with Gasteiger partial charge in [0.25, 0.3) is 0 Å². The van der Waals surface area contributed by atoms with Crippen LogP contribution in [-0.4, -0.2) is 44.9 Å². The van der Waals surface area contributed by atoms with Gasteiger partial charge in [0.1, 0.15) is 5.82 Å². The van der Waals surface area contributed by atoms with E-state index < -0.39 is 0 Å². The first-order valence-corrected chi connectivity index (χ1v) is 22.4. The number of hydrogen-bond acceptors (Lipinski definition) is 9. The number of aromatic nitrogens is 9. The number of aryl methyl sites for hydroxylation is 2. The summed E-state index contributed by atoms with van der Waals surface area (Å²) in [5, 5.41) is 0. The van der Waals surface area contributed by atoms with E-state index in [2.05, 4.69) is 94.9 Å². The van der Waals surface area contributed by atoms with Crippen LogP contribution in [0, 0.1) is 13.8 Å². The maximum atomic E-state index is 5.16. The van der Waals surface area contributed by atoms with Crippen molar-refractivity contribution in [2.24, 2.45) is 0 Å². The average molecular weight is 876 g/mol. The van der Waals surface area contributed by atoms with Crippen LogP contribution in [0.4, 0.5) is 0 Å². The SMILES string of the molecule is Cc1cc(-c2cccc(-c3cccc(-c4nc(-c5ccccc5)nc(-c5cccc(-c6cccnc6)c5)n4)c3)c2-c2cccc(-c3nc(-c4ccccc4)nc(-c4ccccc4)n3)c2)nc(C)n1. The molecule has 0 N–H and O–H groups in total. The summed E-state index contributed by atoms with van der Waals surface area (Å²) < 4.78 is 0. The van der Waals surface area contributed by atoms with Gasteiger partial charge in [-0.1, -0.05) is 170 Å². The van der Waals surface area contributed by atoms with E-state index in [1.807, 2.05) is 135 Å². The van der Waals surface area contributed by atoms with Gasteiger partial charge in [-0.25, -0.2) is 39.9 Å². The molecule has 11 aromatic rings. The minimum Gasteiger partial charge on any atom is -0.264 e. The molecule has 0 atom stereocenters. The summed E-state index contributed by atoms with van der Waals surface area (Å²) in [6.07, 6.45) is 3.64. The molecule has 0 saturated heterocycles. The summed E-state index contributed by atoms with van der Waals surface area (Å²) in [7, 11) is 0. The summed E-state index contributed by atoms with van der Waals surface area (Å²) in [5.74, 6) is 4.18. The van der Waals surface area contributed by atoms with Gasteiger partial charge in [0.15, 0.2) is 34.9 Å². The van der Waals surface area contributed by atoms with Gasteiger partial charge in [-0.05, 0) is 72.0 Å². The first-order valence-electron chi connectivity index (χ1n) is 22.4. The van der Waals surface area contributed by atoms with Crippen molar-refractivity contribution in [2.45, 2.75) is 13.8 Å². The molecule has 0 aliphatic heterocycles. The van der Waals surface area contributed by atoms with Gasteiger partial charge in [-0.15, -0.1) is 0 Å². The second-order valence-corrected chi connectivity index (χ2v) is 16.4. The molecule has 0 amide bonds. The van der Waals surface area contributed by atoms with Crippen molar-refractivity contribution in [1.29, 1.82) is 0 Å². The molecule has 0 bridgehead atoms. The summed E-state index contributed by atoms with van der Waals surface area (Å²) >= 11 is 0. The zero-order chi connectivity index (χ0) is 45.8. The van der Waals surface area contributed by atoms with Gasteiger partial charge in [0, 0.05) is 62.6 Å². The molecule has 322 valence electrons.